The highest BCUT2D eigenvalue weighted by atomic mass is 32.2. The van der Waals surface area contributed by atoms with Crippen LogP contribution < -0.4 is 10.1 Å². The second kappa shape index (κ2) is 14.0. The van der Waals surface area contributed by atoms with E-state index in [0.29, 0.717) is 40.3 Å². The van der Waals surface area contributed by atoms with E-state index in [-0.39, 0.29) is 17.9 Å². The molecule has 0 saturated heterocycles. The Morgan fingerprint density at radius 1 is 1.07 bits per heavy atom. The van der Waals surface area contributed by atoms with Gasteiger partial charge in [-0.15, -0.1) is 5.10 Å². The third kappa shape index (κ3) is 7.31. The van der Waals surface area contributed by atoms with Crippen molar-refractivity contribution in [3.63, 3.8) is 0 Å². The number of nitrogens with zero attached hydrogens (tertiary/aromatic N) is 3. The van der Waals surface area contributed by atoms with E-state index in [9.17, 15) is 9.18 Å². The number of rotatable bonds is 12. The summed E-state index contributed by atoms with van der Waals surface area (Å²) >= 11 is 1.36. The second-order valence-corrected chi connectivity index (χ2v) is 11.7. The van der Waals surface area contributed by atoms with Crippen molar-refractivity contribution in [1.82, 2.24) is 14.8 Å². The molecule has 1 saturated carbocycles. The molecule has 9 heteroatoms. The van der Waals surface area contributed by atoms with Gasteiger partial charge in [-0.25, -0.2) is 13.9 Å². The van der Waals surface area contributed by atoms with E-state index in [0.717, 1.165) is 49.8 Å². The lowest BCUT2D eigenvalue weighted by Crippen LogP contribution is -2.32. The Hall–Kier alpha value is -3.33. The molecule has 2 heterocycles. The Kier molecular flexibility index (Phi) is 9.98. The molecular weight excluding hydrogens is 539 g/mol. The molecule has 1 aromatic heterocycles. The van der Waals surface area contributed by atoms with Gasteiger partial charge in [0.2, 0.25) is 11.1 Å². The van der Waals surface area contributed by atoms with Crippen LogP contribution in [0.1, 0.15) is 88.8 Å². The number of fused-ring (bicyclic) bond motifs is 1. The topological polar surface area (TPSA) is 78.3 Å². The fourth-order valence-corrected chi connectivity index (χ4v) is 6.20. The Morgan fingerprint density at radius 3 is 2.61 bits per heavy atom. The largest absolute Gasteiger partial charge is 0.494 e. The molecule has 0 spiro atoms. The molecular formula is C32H39FN4O3S. The zero-order chi connectivity index (χ0) is 28.6. The van der Waals surface area contributed by atoms with Crippen molar-refractivity contribution >= 4 is 23.7 Å². The number of halogens is 1. The van der Waals surface area contributed by atoms with Gasteiger partial charge in [0, 0.05) is 11.4 Å². The minimum absolute atomic E-state index is 0.0651. The van der Waals surface area contributed by atoms with Gasteiger partial charge >= 0.3 is 5.97 Å². The predicted octanol–water partition coefficient (Wildman–Crippen LogP) is 7.83. The SMILES string of the molecule is CCCCCCOc1ccc(C2C(C(=O)OC3CCCCC3)=C(C)Nc3nc(SCc4ccccc4F)nn32)cc1. The summed E-state index contributed by atoms with van der Waals surface area (Å²) < 4.78 is 28.0. The first kappa shape index (κ1) is 29.2. The van der Waals surface area contributed by atoms with E-state index in [1.165, 1.54) is 37.1 Å². The smallest absolute Gasteiger partial charge is 0.338 e. The van der Waals surface area contributed by atoms with Crippen molar-refractivity contribution in [2.45, 2.75) is 94.7 Å². The Bertz CT molecular complexity index is 1350. The molecule has 3 aromatic rings. The van der Waals surface area contributed by atoms with E-state index in [2.05, 4.69) is 17.2 Å². The summed E-state index contributed by atoms with van der Waals surface area (Å²) in [4.78, 5) is 18.4. The average Bonchev–Trinajstić information content (AvgIpc) is 3.39. The van der Waals surface area contributed by atoms with Crippen molar-refractivity contribution < 1.29 is 18.7 Å². The molecule has 1 aliphatic carbocycles. The summed E-state index contributed by atoms with van der Waals surface area (Å²) in [5.41, 5.74) is 2.69. The first-order valence-corrected chi connectivity index (χ1v) is 15.8. The number of ether oxygens (including phenoxy) is 2. The highest BCUT2D eigenvalue weighted by molar-refractivity contribution is 7.98. The van der Waals surface area contributed by atoms with Crippen molar-refractivity contribution in [3.8, 4) is 5.75 Å². The molecule has 5 rings (SSSR count). The fourth-order valence-electron chi connectivity index (χ4n) is 5.39. The number of allylic oxidation sites excluding steroid dienone is 1. The molecule has 2 aromatic carbocycles. The van der Waals surface area contributed by atoms with Gasteiger partial charge in [-0.2, -0.15) is 4.98 Å². The lowest BCUT2D eigenvalue weighted by molar-refractivity contribution is -0.146. The van der Waals surface area contributed by atoms with Gasteiger partial charge in [-0.05, 0) is 68.4 Å². The molecule has 1 N–H and O–H groups in total. The quantitative estimate of drug-likeness (QED) is 0.133. The van der Waals surface area contributed by atoms with Crippen molar-refractivity contribution in [3.05, 3.63) is 76.7 Å². The monoisotopic (exact) mass is 578 g/mol. The zero-order valence-electron chi connectivity index (χ0n) is 23.9. The van der Waals surface area contributed by atoms with Crippen LogP contribution in [-0.4, -0.2) is 33.4 Å². The molecule has 218 valence electrons. The molecule has 0 amide bonds. The summed E-state index contributed by atoms with van der Waals surface area (Å²) in [6.45, 7) is 4.75. The summed E-state index contributed by atoms with van der Waals surface area (Å²) in [7, 11) is 0. The Labute approximate surface area is 245 Å². The van der Waals surface area contributed by atoms with Crippen LogP contribution in [0.25, 0.3) is 0 Å². The van der Waals surface area contributed by atoms with Crippen LogP contribution in [0.3, 0.4) is 0 Å². The minimum atomic E-state index is -0.517. The fraction of sp³-hybridized carbons (Fsp3) is 0.469. The molecule has 0 bridgehead atoms. The normalized spacial score (nSPS) is 17.2. The number of nitrogens with one attached hydrogen (secondary N) is 1. The Balaban J connectivity index is 1.39. The first-order chi connectivity index (χ1) is 20.0. The zero-order valence-corrected chi connectivity index (χ0v) is 24.7. The number of carbonyl (C=O) groups excluding carboxylic acids is 1. The van der Waals surface area contributed by atoms with Crippen LogP contribution in [0, 0.1) is 5.82 Å². The number of esters is 1. The number of hydrogen-bond acceptors (Lipinski definition) is 7. The van der Waals surface area contributed by atoms with E-state index in [1.54, 1.807) is 16.8 Å². The lowest BCUT2D eigenvalue weighted by atomic mass is 9.95. The van der Waals surface area contributed by atoms with E-state index in [4.69, 9.17) is 14.6 Å². The molecule has 7 nitrogen and oxygen atoms in total. The highest BCUT2D eigenvalue weighted by Crippen LogP contribution is 2.38. The third-order valence-electron chi connectivity index (χ3n) is 7.66. The van der Waals surface area contributed by atoms with Crippen LogP contribution in [-0.2, 0) is 15.3 Å². The molecule has 2 aliphatic rings. The summed E-state index contributed by atoms with van der Waals surface area (Å²) in [6.07, 6.45) is 9.65. The Morgan fingerprint density at radius 2 is 1.85 bits per heavy atom. The predicted molar refractivity (Wildman–Crippen MR) is 159 cm³/mol. The number of benzene rings is 2. The van der Waals surface area contributed by atoms with Gasteiger partial charge in [-0.1, -0.05) is 74.7 Å². The van der Waals surface area contributed by atoms with Gasteiger partial charge in [0.05, 0.1) is 12.2 Å². The number of aromatic nitrogens is 3. The van der Waals surface area contributed by atoms with Gasteiger partial charge in [-0.3, -0.25) is 0 Å². The molecule has 1 atom stereocenters. The number of unbranched alkanes of at least 4 members (excludes halogenated alkanes) is 3. The van der Waals surface area contributed by atoms with E-state index >= 15 is 0 Å². The molecule has 1 aliphatic heterocycles. The maximum atomic E-state index is 14.2. The third-order valence-corrected chi connectivity index (χ3v) is 8.54. The van der Waals surface area contributed by atoms with Gasteiger partial charge in [0.1, 0.15) is 23.7 Å². The number of thioether (sulfide) groups is 1. The van der Waals surface area contributed by atoms with Crippen LogP contribution in [0.5, 0.6) is 5.75 Å². The van der Waals surface area contributed by atoms with Crippen LogP contribution in [0.4, 0.5) is 10.3 Å². The first-order valence-electron chi connectivity index (χ1n) is 14.8. The summed E-state index contributed by atoms with van der Waals surface area (Å²) in [5, 5.41) is 8.55. The van der Waals surface area contributed by atoms with Crippen LogP contribution in [0.15, 0.2) is 65.0 Å². The standard InChI is InChI=1S/C32H39FN4O3S/c1-3-4-5-11-20-39-25-18-16-23(17-19-25)29-28(30(38)40-26-13-7-6-8-14-26)22(2)34-31-35-32(36-37(29)31)41-21-24-12-9-10-15-27(24)33/h9-10,12,15-19,26,29H,3-8,11,13-14,20-21H2,1-2H3,(H,34,35,36). The van der Waals surface area contributed by atoms with Crippen molar-refractivity contribution in [2.24, 2.45) is 0 Å². The minimum Gasteiger partial charge on any atom is -0.494 e. The maximum absolute atomic E-state index is 14.2. The van der Waals surface area contributed by atoms with E-state index < -0.39 is 6.04 Å². The van der Waals surface area contributed by atoms with Crippen molar-refractivity contribution in [1.29, 1.82) is 0 Å². The molecule has 0 radical (unpaired) electrons. The maximum Gasteiger partial charge on any atom is 0.338 e. The van der Waals surface area contributed by atoms with Gasteiger partial charge in [0.15, 0.2) is 0 Å². The summed E-state index contributed by atoms with van der Waals surface area (Å²) in [5.74, 6) is 1.15. The number of carbonyl (C=O) groups is 1. The number of hydrogen-bond donors (Lipinski definition) is 1. The second-order valence-electron chi connectivity index (χ2n) is 10.8. The molecule has 1 fully saturated rings. The van der Waals surface area contributed by atoms with Crippen LogP contribution >= 0.6 is 11.8 Å². The average molecular weight is 579 g/mol. The van der Waals surface area contributed by atoms with Gasteiger partial charge < -0.3 is 14.8 Å². The lowest BCUT2D eigenvalue weighted by Gasteiger charge is -2.30. The highest BCUT2D eigenvalue weighted by Gasteiger charge is 2.36. The molecule has 41 heavy (non-hydrogen) atoms. The summed E-state index contributed by atoms with van der Waals surface area (Å²) in [6, 6.07) is 14.0. The van der Waals surface area contributed by atoms with Gasteiger partial charge in [0.25, 0.3) is 0 Å². The molecule has 1 unspecified atom stereocenters. The van der Waals surface area contributed by atoms with Crippen molar-refractivity contribution in [2.75, 3.05) is 11.9 Å². The van der Waals surface area contributed by atoms with E-state index in [1.807, 2.05) is 37.3 Å². The number of anilines is 1. The van der Waals surface area contributed by atoms with Crippen LogP contribution in [0.2, 0.25) is 0 Å².